The van der Waals surface area contributed by atoms with Crippen LogP contribution >= 0.6 is 0 Å². The van der Waals surface area contributed by atoms with Gasteiger partial charge in [-0.1, -0.05) is 52.0 Å². The van der Waals surface area contributed by atoms with Crippen LogP contribution in [0.1, 0.15) is 72.5 Å². The number of hydrogen-bond donors (Lipinski definition) is 1. The highest BCUT2D eigenvalue weighted by molar-refractivity contribution is 5.95. The number of rotatable bonds is 7. The number of carboxylic acid groups (broad SMARTS) is 1. The van der Waals surface area contributed by atoms with Crippen LogP contribution in [0.15, 0.2) is 34.7 Å². The summed E-state index contributed by atoms with van der Waals surface area (Å²) >= 11 is 0. The average molecular weight is 328 g/mol. The summed E-state index contributed by atoms with van der Waals surface area (Å²) in [6.45, 7) is 8.29. The van der Waals surface area contributed by atoms with Crippen molar-refractivity contribution in [2.75, 3.05) is 0 Å². The van der Waals surface area contributed by atoms with Crippen molar-refractivity contribution in [1.29, 1.82) is 0 Å². The number of furan rings is 1. The van der Waals surface area contributed by atoms with E-state index in [1.165, 1.54) is 0 Å². The third kappa shape index (κ3) is 4.34. The molecule has 0 amide bonds. The summed E-state index contributed by atoms with van der Waals surface area (Å²) in [5.41, 5.74) is 2.66. The second-order valence-electron chi connectivity index (χ2n) is 6.73. The molecule has 4 heteroatoms. The summed E-state index contributed by atoms with van der Waals surface area (Å²) in [7, 11) is 0. The van der Waals surface area contributed by atoms with Crippen LogP contribution in [0.4, 0.5) is 0 Å². The first-order chi connectivity index (χ1) is 11.3. The molecule has 0 spiro atoms. The third-order valence-corrected chi connectivity index (χ3v) is 3.96. The quantitative estimate of drug-likeness (QED) is 0.755. The lowest BCUT2D eigenvalue weighted by atomic mass is 9.97. The first-order valence-corrected chi connectivity index (χ1v) is 8.24. The number of ketones is 1. The van der Waals surface area contributed by atoms with Gasteiger partial charge in [0.15, 0.2) is 5.76 Å². The molecule has 1 heterocycles. The van der Waals surface area contributed by atoms with E-state index in [4.69, 9.17) is 9.52 Å². The molecular formula is C20H24O4. The number of benzene rings is 1. The van der Waals surface area contributed by atoms with Crippen molar-refractivity contribution in [2.45, 2.75) is 52.4 Å². The van der Waals surface area contributed by atoms with Gasteiger partial charge in [-0.05, 0) is 28.7 Å². The van der Waals surface area contributed by atoms with E-state index >= 15 is 0 Å². The summed E-state index contributed by atoms with van der Waals surface area (Å²) in [6, 6.07) is 8.95. The summed E-state index contributed by atoms with van der Waals surface area (Å²) in [4.78, 5) is 23.2. The molecule has 0 aliphatic rings. The summed E-state index contributed by atoms with van der Waals surface area (Å²) in [5.74, 6) is 0.899. The number of aliphatic carboxylic acids is 1. The largest absolute Gasteiger partial charge is 0.481 e. The highest BCUT2D eigenvalue weighted by atomic mass is 16.4. The Bertz CT molecular complexity index is 695. The molecule has 0 unspecified atom stereocenters. The predicted molar refractivity (Wildman–Crippen MR) is 92.7 cm³/mol. The van der Waals surface area contributed by atoms with Gasteiger partial charge >= 0.3 is 5.97 Å². The van der Waals surface area contributed by atoms with Gasteiger partial charge in [0.2, 0.25) is 5.78 Å². The maximum Gasteiger partial charge on any atom is 0.307 e. The fraction of sp³-hybridized carbons (Fsp3) is 0.400. The lowest BCUT2D eigenvalue weighted by molar-refractivity contribution is -0.136. The average Bonchev–Trinajstić information content (AvgIpc) is 2.94. The maximum absolute atomic E-state index is 12.5. The van der Waals surface area contributed by atoms with Gasteiger partial charge < -0.3 is 9.52 Å². The molecule has 1 aromatic carbocycles. The molecule has 2 aromatic rings. The van der Waals surface area contributed by atoms with Gasteiger partial charge in [0.25, 0.3) is 0 Å². The predicted octanol–water partition coefficient (Wildman–Crippen LogP) is 4.58. The van der Waals surface area contributed by atoms with Crippen molar-refractivity contribution in [2.24, 2.45) is 0 Å². The van der Waals surface area contributed by atoms with Crippen LogP contribution < -0.4 is 0 Å². The SMILES string of the molecule is CC(C)c1cc(C(=O)Cc2ccc(CC(=O)O)cc2)oc1C(C)C. The number of Topliss-reactive ketones (excluding diaryl/α,β-unsaturated/α-hetero) is 1. The van der Waals surface area contributed by atoms with Crippen LogP contribution in [0.3, 0.4) is 0 Å². The van der Waals surface area contributed by atoms with Crippen molar-refractivity contribution in [3.63, 3.8) is 0 Å². The van der Waals surface area contributed by atoms with E-state index in [0.29, 0.717) is 11.7 Å². The van der Waals surface area contributed by atoms with Gasteiger partial charge in [-0.2, -0.15) is 0 Å². The van der Waals surface area contributed by atoms with Gasteiger partial charge in [-0.25, -0.2) is 0 Å². The first-order valence-electron chi connectivity index (χ1n) is 8.24. The zero-order valence-corrected chi connectivity index (χ0v) is 14.6. The Morgan fingerprint density at radius 2 is 1.50 bits per heavy atom. The molecule has 0 saturated heterocycles. The molecule has 0 radical (unpaired) electrons. The number of carboxylic acids is 1. The van der Waals surface area contributed by atoms with E-state index in [1.807, 2.05) is 6.07 Å². The van der Waals surface area contributed by atoms with Gasteiger partial charge in [-0.15, -0.1) is 0 Å². The van der Waals surface area contributed by atoms with Crippen molar-refractivity contribution >= 4 is 11.8 Å². The smallest absolute Gasteiger partial charge is 0.307 e. The molecule has 2 rings (SSSR count). The van der Waals surface area contributed by atoms with Crippen molar-refractivity contribution in [1.82, 2.24) is 0 Å². The minimum Gasteiger partial charge on any atom is -0.481 e. The molecule has 0 aliphatic heterocycles. The Kier molecular flexibility index (Phi) is 5.60. The second kappa shape index (κ2) is 7.47. The van der Waals surface area contributed by atoms with Crippen LogP contribution in [0.25, 0.3) is 0 Å². The van der Waals surface area contributed by atoms with Gasteiger partial charge in [0.05, 0.1) is 6.42 Å². The van der Waals surface area contributed by atoms with Crippen LogP contribution in [0.2, 0.25) is 0 Å². The van der Waals surface area contributed by atoms with Crippen LogP contribution in [0, 0.1) is 0 Å². The molecule has 4 nitrogen and oxygen atoms in total. The Labute approximate surface area is 142 Å². The molecule has 0 aliphatic carbocycles. The lowest BCUT2D eigenvalue weighted by Gasteiger charge is -2.07. The summed E-state index contributed by atoms with van der Waals surface area (Å²) < 4.78 is 5.82. The summed E-state index contributed by atoms with van der Waals surface area (Å²) in [6.07, 6.45) is 0.234. The maximum atomic E-state index is 12.5. The third-order valence-electron chi connectivity index (χ3n) is 3.96. The van der Waals surface area contributed by atoms with E-state index in [0.717, 1.165) is 22.5 Å². The minimum atomic E-state index is -0.864. The van der Waals surface area contributed by atoms with Crippen LogP contribution in [-0.2, 0) is 17.6 Å². The van der Waals surface area contributed by atoms with Crippen molar-refractivity contribution in [3.05, 3.63) is 58.5 Å². The van der Waals surface area contributed by atoms with Crippen molar-refractivity contribution in [3.8, 4) is 0 Å². The first kappa shape index (κ1) is 18.0. The van der Waals surface area contributed by atoms with E-state index in [1.54, 1.807) is 24.3 Å². The number of carbonyl (C=O) groups excluding carboxylic acids is 1. The molecule has 0 saturated carbocycles. The monoisotopic (exact) mass is 328 g/mol. The molecule has 0 bridgehead atoms. The standard InChI is InChI=1S/C20H24O4/c1-12(2)16-11-18(24-20(16)13(3)4)17(21)9-14-5-7-15(8-6-14)10-19(22)23/h5-8,11-13H,9-10H2,1-4H3,(H,22,23). The van der Waals surface area contributed by atoms with E-state index < -0.39 is 5.97 Å². The fourth-order valence-electron chi connectivity index (χ4n) is 2.68. The molecule has 0 fully saturated rings. The topological polar surface area (TPSA) is 67.5 Å². The normalized spacial score (nSPS) is 11.2. The van der Waals surface area contributed by atoms with Gasteiger partial charge in [0, 0.05) is 12.3 Å². The molecule has 128 valence electrons. The van der Waals surface area contributed by atoms with Crippen molar-refractivity contribution < 1.29 is 19.1 Å². The summed E-state index contributed by atoms with van der Waals surface area (Å²) in [5, 5.41) is 8.78. The Balaban J connectivity index is 2.15. The molecular weight excluding hydrogens is 304 g/mol. The van der Waals surface area contributed by atoms with E-state index in [9.17, 15) is 9.59 Å². The van der Waals surface area contributed by atoms with Crippen LogP contribution in [0.5, 0.6) is 0 Å². The highest BCUT2D eigenvalue weighted by Gasteiger charge is 2.20. The Morgan fingerprint density at radius 3 is 1.92 bits per heavy atom. The Morgan fingerprint density at radius 1 is 0.958 bits per heavy atom. The molecule has 1 N–H and O–H groups in total. The fourth-order valence-corrected chi connectivity index (χ4v) is 2.68. The van der Waals surface area contributed by atoms with Gasteiger partial charge in [0.1, 0.15) is 5.76 Å². The zero-order chi connectivity index (χ0) is 17.9. The molecule has 24 heavy (non-hydrogen) atoms. The number of hydrogen-bond acceptors (Lipinski definition) is 3. The van der Waals surface area contributed by atoms with Gasteiger partial charge in [-0.3, -0.25) is 9.59 Å². The lowest BCUT2D eigenvalue weighted by Crippen LogP contribution is -2.03. The van der Waals surface area contributed by atoms with E-state index in [2.05, 4.69) is 27.7 Å². The zero-order valence-electron chi connectivity index (χ0n) is 14.6. The molecule has 1 aromatic heterocycles. The minimum absolute atomic E-state index is 0.0120. The van der Waals surface area contributed by atoms with E-state index in [-0.39, 0.29) is 24.5 Å². The van der Waals surface area contributed by atoms with Crippen LogP contribution in [-0.4, -0.2) is 16.9 Å². The Hall–Kier alpha value is -2.36. The molecule has 0 atom stereocenters. The second-order valence-corrected chi connectivity index (χ2v) is 6.73. The number of carbonyl (C=O) groups is 2. The highest BCUT2D eigenvalue weighted by Crippen LogP contribution is 2.30.